The van der Waals surface area contributed by atoms with E-state index in [0.717, 1.165) is 21.9 Å². The van der Waals surface area contributed by atoms with E-state index in [0.29, 0.717) is 5.56 Å². The lowest BCUT2D eigenvalue weighted by Crippen LogP contribution is -2.49. The van der Waals surface area contributed by atoms with Crippen LogP contribution >= 0.6 is 0 Å². The van der Waals surface area contributed by atoms with Gasteiger partial charge in [0.2, 0.25) is 5.91 Å². The molecule has 0 saturated heterocycles. The molecule has 0 heterocycles. The van der Waals surface area contributed by atoms with Crippen molar-refractivity contribution in [2.24, 2.45) is 0 Å². The molecule has 1 atom stereocenters. The lowest BCUT2D eigenvalue weighted by Gasteiger charge is -2.28. The number of benzene rings is 4. The van der Waals surface area contributed by atoms with Gasteiger partial charge < -0.3 is 10.6 Å². The Labute approximate surface area is 181 Å². The molecule has 0 fully saturated rings. The molecule has 4 nitrogen and oxygen atoms in total. The van der Waals surface area contributed by atoms with Crippen molar-refractivity contribution in [3.8, 4) is 0 Å². The van der Waals surface area contributed by atoms with E-state index in [1.807, 2.05) is 97.1 Å². The van der Waals surface area contributed by atoms with Gasteiger partial charge in [0.15, 0.2) is 0 Å². The number of nitrogens with one attached hydrogen (secondary N) is 2. The molecule has 0 saturated carbocycles. The molecular weight excluding hydrogens is 384 g/mol. The molecular formula is C27H24N2O2. The van der Waals surface area contributed by atoms with E-state index in [-0.39, 0.29) is 17.7 Å². The minimum Gasteiger partial charge on any atom is -0.357 e. The van der Waals surface area contributed by atoms with Crippen LogP contribution in [0.4, 0.5) is 0 Å². The molecule has 0 spiro atoms. The highest BCUT2D eigenvalue weighted by Gasteiger charge is 2.32. The maximum Gasteiger partial charge on any atom is 0.252 e. The smallest absolute Gasteiger partial charge is 0.252 e. The minimum absolute atomic E-state index is 0.244. The number of hydrogen-bond donors (Lipinski definition) is 2. The fourth-order valence-corrected chi connectivity index (χ4v) is 4.00. The first kappa shape index (κ1) is 20.4. The second-order valence-corrected chi connectivity index (χ2v) is 7.39. The summed E-state index contributed by atoms with van der Waals surface area (Å²) < 4.78 is 0. The molecule has 0 aliphatic carbocycles. The third-order valence-electron chi connectivity index (χ3n) is 5.50. The van der Waals surface area contributed by atoms with Gasteiger partial charge in [0.05, 0.1) is 0 Å². The van der Waals surface area contributed by atoms with Gasteiger partial charge in [0, 0.05) is 18.5 Å². The first-order chi connectivity index (χ1) is 15.2. The van der Waals surface area contributed by atoms with Crippen LogP contribution in [0, 0.1) is 0 Å². The van der Waals surface area contributed by atoms with E-state index in [1.165, 1.54) is 0 Å². The Bertz CT molecular complexity index is 1140. The minimum atomic E-state index is -0.777. The summed E-state index contributed by atoms with van der Waals surface area (Å²) in [5.74, 6) is -0.852. The first-order valence-electron chi connectivity index (χ1n) is 10.3. The van der Waals surface area contributed by atoms with Gasteiger partial charge in [0.25, 0.3) is 5.91 Å². The zero-order chi connectivity index (χ0) is 21.6. The highest BCUT2D eigenvalue weighted by Crippen LogP contribution is 2.29. The highest BCUT2D eigenvalue weighted by molar-refractivity contribution is 6.08. The Kier molecular flexibility index (Phi) is 6.08. The fraction of sp³-hybridized carbons (Fsp3) is 0.111. The van der Waals surface area contributed by atoms with Crippen LogP contribution in [-0.4, -0.2) is 24.9 Å². The largest absolute Gasteiger partial charge is 0.357 e. The summed E-state index contributed by atoms with van der Waals surface area (Å²) in [5, 5.41) is 7.58. The maximum atomic E-state index is 13.4. The zero-order valence-corrected chi connectivity index (χ0v) is 17.3. The van der Waals surface area contributed by atoms with E-state index >= 15 is 0 Å². The summed E-state index contributed by atoms with van der Waals surface area (Å²) in [7, 11) is 1.59. The number of amides is 2. The molecule has 0 radical (unpaired) electrons. The number of carbonyl (C=O) groups excluding carboxylic acids is 2. The normalized spacial score (nSPS) is 11.8. The van der Waals surface area contributed by atoms with Gasteiger partial charge in [-0.2, -0.15) is 0 Å². The summed E-state index contributed by atoms with van der Waals surface area (Å²) in [5.41, 5.74) is 2.47. The average molecular weight is 409 g/mol. The van der Waals surface area contributed by atoms with Gasteiger partial charge in [-0.25, -0.2) is 0 Å². The van der Waals surface area contributed by atoms with Crippen molar-refractivity contribution >= 4 is 22.6 Å². The molecule has 2 amide bonds. The number of carbonyl (C=O) groups is 2. The van der Waals surface area contributed by atoms with Crippen LogP contribution in [-0.2, 0) is 4.79 Å². The number of likely N-dealkylation sites (N-methyl/N-ethyl adjacent to an activating group) is 1. The molecule has 4 heteroatoms. The molecule has 0 aromatic heterocycles. The lowest BCUT2D eigenvalue weighted by atomic mass is 9.84. The molecule has 0 aliphatic rings. The number of rotatable bonds is 6. The van der Waals surface area contributed by atoms with Crippen LogP contribution in [0.3, 0.4) is 0 Å². The van der Waals surface area contributed by atoms with Crippen molar-refractivity contribution in [3.05, 3.63) is 120 Å². The zero-order valence-electron chi connectivity index (χ0n) is 17.3. The predicted molar refractivity (Wildman–Crippen MR) is 124 cm³/mol. The average Bonchev–Trinajstić information content (AvgIpc) is 2.84. The number of fused-ring (bicyclic) bond motifs is 1. The topological polar surface area (TPSA) is 58.2 Å². The number of hydrogen-bond acceptors (Lipinski definition) is 2. The van der Waals surface area contributed by atoms with Crippen LogP contribution < -0.4 is 10.6 Å². The highest BCUT2D eigenvalue weighted by atomic mass is 16.2. The third-order valence-corrected chi connectivity index (χ3v) is 5.50. The molecule has 0 aliphatic heterocycles. The monoisotopic (exact) mass is 408 g/mol. The van der Waals surface area contributed by atoms with Crippen molar-refractivity contribution in [3.63, 3.8) is 0 Å². The second-order valence-electron chi connectivity index (χ2n) is 7.39. The fourth-order valence-electron chi connectivity index (χ4n) is 4.00. The Balaban J connectivity index is 1.77. The predicted octanol–water partition coefficient (Wildman–Crippen LogP) is 4.52. The van der Waals surface area contributed by atoms with Crippen molar-refractivity contribution in [2.45, 2.75) is 12.0 Å². The van der Waals surface area contributed by atoms with Crippen molar-refractivity contribution in [1.82, 2.24) is 10.6 Å². The molecule has 31 heavy (non-hydrogen) atoms. The quantitative estimate of drug-likeness (QED) is 0.493. The summed E-state index contributed by atoms with van der Waals surface area (Å²) in [6.07, 6.45) is 0. The Morgan fingerprint density at radius 1 is 0.677 bits per heavy atom. The summed E-state index contributed by atoms with van der Waals surface area (Å²) in [6, 6.07) is 32.2. The van der Waals surface area contributed by atoms with Crippen LogP contribution in [0.25, 0.3) is 10.8 Å². The molecule has 4 aromatic rings. The van der Waals surface area contributed by atoms with E-state index < -0.39 is 6.04 Å². The molecule has 154 valence electrons. The van der Waals surface area contributed by atoms with Crippen LogP contribution in [0.1, 0.15) is 27.4 Å². The summed E-state index contributed by atoms with van der Waals surface area (Å²) in [6.45, 7) is 0. The summed E-state index contributed by atoms with van der Waals surface area (Å²) in [4.78, 5) is 26.4. The van der Waals surface area contributed by atoms with E-state index in [4.69, 9.17) is 0 Å². The summed E-state index contributed by atoms with van der Waals surface area (Å²) >= 11 is 0. The van der Waals surface area contributed by atoms with Crippen molar-refractivity contribution < 1.29 is 9.59 Å². The van der Waals surface area contributed by atoms with Gasteiger partial charge in [-0.05, 0) is 28.0 Å². The maximum absolute atomic E-state index is 13.4. The first-order valence-corrected chi connectivity index (χ1v) is 10.3. The van der Waals surface area contributed by atoms with E-state index in [1.54, 1.807) is 13.1 Å². The second kappa shape index (κ2) is 9.26. The molecule has 2 N–H and O–H groups in total. The van der Waals surface area contributed by atoms with Gasteiger partial charge in [0.1, 0.15) is 6.04 Å². The van der Waals surface area contributed by atoms with Gasteiger partial charge >= 0.3 is 0 Å². The lowest BCUT2D eigenvalue weighted by molar-refractivity contribution is -0.122. The van der Waals surface area contributed by atoms with E-state index in [2.05, 4.69) is 10.6 Å². The van der Waals surface area contributed by atoms with Crippen molar-refractivity contribution in [1.29, 1.82) is 0 Å². The van der Waals surface area contributed by atoms with E-state index in [9.17, 15) is 9.59 Å². The van der Waals surface area contributed by atoms with Crippen molar-refractivity contribution in [2.75, 3.05) is 7.05 Å². The third kappa shape index (κ3) is 4.33. The molecule has 4 rings (SSSR count). The van der Waals surface area contributed by atoms with Gasteiger partial charge in [-0.1, -0.05) is 97.1 Å². The Morgan fingerprint density at radius 2 is 1.23 bits per heavy atom. The SMILES string of the molecule is CNC(=O)C(NC(=O)c1cccc2ccccc12)C(c1ccccc1)c1ccccc1. The van der Waals surface area contributed by atoms with Gasteiger partial charge in [-0.15, -0.1) is 0 Å². The molecule has 0 bridgehead atoms. The Morgan fingerprint density at radius 3 is 1.84 bits per heavy atom. The molecule has 4 aromatic carbocycles. The standard InChI is InChI=1S/C27H24N2O2/c1-28-27(31)25(24(20-12-4-2-5-13-20)21-14-6-3-7-15-21)29-26(30)23-18-10-16-19-11-8-9-17-22(19)23/h2-18,24-25H,1H3,(H,28,31)(H,29,30). The van der Waals surface area contributed by atoms with Crippen LogP contribution in [0.5, 0.6) is 0 Å². The van der Waals surface area contributed by atoms with Crippen LogP contribution in [0.2, 0.25) is 0 Å². The Hall–Kier alpha value is -3.92. The van der Waals surface area contributed by atoms with Gasteiger partial charge in [-0.3, -0.25) is 9.59 Å². The van der Waals surface area contributed by atoms with Crippen LogP contribution in [0.15, 0.2) is 103 Å². The molecule has 1 unspecified atom stereocenters.